The van der Waals surface area contributed by atoms with Gasteiger partial charge in [0.25, 0.3) is 11.8 Å². The van der Waals surface area contributed by atoms with Gasteiger partial charge in [-0.05, 0) is 73.2 Å². The van der Waals surface area contributed by atoms with Crippen LogP contribution in [0.15, 0.2) is 66.4 Å². The highest BCUT2D eigenvalue weighted by molar-refractivity contribution is 6.46. The van der Waals surface area contributed by atoms with Crippen LogP contribution < -0.4 is 15.0 Å². The van der Waals surface area contributed by atoms with E-state index in [9.17, 15) is 9.59 Å². The highest BCUT2D eigenvalue weighted by atomic mass is 16.5. The molecule has 174 valence electrons. The molecule has 1 heterocycles. The Labute approximate surface area is 201 Å². The lowest BCUT2D eigenvalue weighted by atomic mass is 9.97. The van der Waals surface area contributed by atoms with E-state index in [4.69, 9.17) is 4.74 Å². The highest BCUT2D eigenvalue weighted by Crippen LogP contribution is 2.39. The lowest BCUT2D eigenvalue weighted by molar-refractivity contribution is -0.120. The Balaban J connectivity index is 1.85. The summed E-state index contributed by atoms with van der Waals surface area (Å²) in [6, 6.07) is 19.3. The molecule has 0 aliphatic carbocycles. The van der Waals surface area contributed by atoms with Gasteiger partial charge < -0.3 is 10.1 Å². The fourth-order valence-corrected chi connectivity index (χ4v) is 4.28. The van der Waals surface area contributed by atoms with Gasteiger partial charge in [0.2, 0.25) is 0 Å². The summed E-state index contributed by atoms with van der Waals surface area (Å²) in [5.41, 5.74) is 6.70. The molecule has 0 unspecified atom stereocenters. The summed E-state index contributed by atoms with van der Waals surface area (Å²) in [7, 11) is 1.53. The van der Waals surface area contributed by atoms with E-state index in [1.807, 2.05) is 69.3 Å². The molecule has 1 N–H and O–H groups in total. The molecule has 0 aromatic heterocycles. The summed E-state index contributed by atoms with van der Waals surface area (Å²) in [6.07, 6.45) is 0. The number of carbonyl (C=O) groups is 2. The van der Waals surface area contributed by atoms with E-state index in [2.05, 4.69) is 19.2 Å². The van der Waals surface area contributed by atoms with E-state index < -0.39 is 5.91 Å². The highest BCUT2D eigenvalue weighted by Gasteiger charge is 2.42. The molecule has 4 rings (SSSR count). The Morgan fingerprint density at radius 2 is 1.47 bits per heavy atom. The van der Waals surface area contributed by atoms with E-state index in [-0.39, 0.29) is 11.6 Å². The number of methoxy groups -OCH3 is 1. The van der Waals surface area contributed by atoms with Gasteiger partial charge in [-0.3, -0.25) is 9.59 Å². The van der Waals surface area contributed by atoms with Crippen LogP contribution >= 0.6 is 0 Å². The molecule has 5 nitrogen and oxygen atoms in total. The topological polar surface area (TPSA) is 58.6 Å². The normalized spacial score (nSPS) is 13.8. The Kier molecular flexibility index (Phi) is 6.29. The minimum absolute atomic E-state index is 0.262. The number of imide groups is 1. The molecule has 0 radical (unpaired) electrons. The summed E-state index contributed by atoms with van der Waals surface area (Å²) in [5, 5.41) is 3.26. The standard InChI is InChI=1S/C29H30N2O3/c1-17(2)21-9-11-22(12-10-21)30-27-26(23-13-7-18(3)15-20(23)5)28(32)31(29(27)33)24-16-19(4)8-14-25(24)34-6/h7-17,30H,1-6H3. The summed E-state index contributed by atoms with van der Waals surface area (Å²) in [4.78, 5) is 28.8. The number of nitrogens with one attached hydrogen (secondary N) is 1. The lowest BCUT2D eigenvalue weighted by Gasteiger charge is -2.19. The number of ether oxygens (including phenoxy) is 1. The Bertz CT molecular complexity index is 1300. The molecule has 5 heteroatoms. The van der Waals surface area contributed by atoms with Crippen molar-refractivity contribution < 1.29 is 14.3 Å². The van der Waals surface area contributed by atoms with E-state index in [0.29, 0.717) is 22.9 Å². The summed E-state index contributed by atoms with van der Waals surface area (Å²) in [5.74, 6) is 0.0896. The molecular weight excluding hydrogens is 424 g/mol. The van der Waals surface area contributed by atoms with Crippen molar-refractivity contribution in [1.82, 2.24) is 0 Å². The molecule has 3 aromatic rings. The van der Waals surface area contributed by atoms with E-state index >= 15 is 0 Å². The first-order chi connectivity index (χ1) is 16.2. The summed E-state index contributed by atoms with van der Waals surface area (Å²) < 4.78 is 5.49. The Morgan fingerprint density at radius 3 is 2.09 bits per heavy atom. The van der Waals surface area contributed by atoms with E-state index in [1.165, 1.54) is 17.6 Å². The molecule has 0 atom stereocenters. The molecule has 2 amide bonds. The fourth-order valence-electron chi connectivity index (χ4n) is 4.28. The summed E-state index contributed by atoms with van der Waals surface area (Å²) in [6.45, 7) is 10.1. The molecule has 0 saturated carbocycles. The van der Waals surface area contributed by atoms with Gasteiger partial charge in [0, 0.05) is 5.69 Å². The van der Waals surface area contributed by atoms with Crippen molar-refractivity contribution >= 4 is 28.8 Å². The molecule has 0 saturated heterocycles. The van der Waals surface area contributed by atoms with Crippen molar-refractivity contribution in [3.63, 3.8) is 0 Å². The number of nitrogens with zero attached hydrogens (tertiary/aromatic N) is 1. The molecule has 1 aliphatic rings. The van der Waals surface area contributed by atoms with Crippen molar-refractivity contribution in [3.05, 3.63) is 94.2 Å². The minimum atomic E-state index is -0.406. The maximum absolute atomic E-state index is 13.8. The number of amides is 2. The van der Waals surface area contributed by atoms with Crippen LogP contribution in [0.2, 0.25) is 0 Å². The third-order valence-electron chi connectivity index (χ3n) is 6.16. The van der Waals surface area contributed by atoms with E-state index in [0.717, 1.165) is 27.9 Å². The third kappa shape index (κ3) is 4.21. The van der Waals surface area contributed by atoms with Crippen molar-refractivity contribution in [2.75, 3.05) is 17.3 Å². The monoisotopic (exact) mass is 454 g/mol. The number of carbonyl (C=O) groups excluding carboxylic acids is 2. The van der Waals surface area contributed by atoms with Crippen molar-refractivity contribution in [1.29, 1.82) is 0 Å². The van der Waals surface area contributed by atoms with Gasteiger partial charge in [-0.15, -0.1) is 0 Å². The van der Waals surface area contributed by atoms with Gasteiger partial charge in [0.1, 0.15) is 11.4 Å². The predicted molar refractivity (Wildman–Crippen MR) is 137 cm³/mol. The van der Waals surface area contributed by atoms with Crippen molar-refractivity contribution in [2.45, 2.75) is 40.5 Å². The van der Waals surface area contributed by atoms with Gasteiger partial charge in [0.05, 0.1) is 18.4 Å². The number of hydrogen-bond donors (Lipinski definition) is 1. The number of benzene rings is 3. The average molecular weight is 455 g/mol. The predicted octanol–water partition coefficient (Wildman–Crippen LogP) is 6.14. The van der Waals surface area contributed by atoms with Crippen molar-refractivity contribution in [2.24, 2.45) is 0 Å². The number of anilines is 2. The van der Waals surface area contributed by atoms with Gasteiger partial charge >= 0.3 is 0 Å². The second-order valence-electron chi connectivity index (χ2n) is 9.09. The zero-order valence-electron chi connectivity index (χ0n) is 20.5. The SMILES string of the molecule is COc1ccc(C)cc1N1C(=O)C(Nc2ccc(C(C)C)cc2)=C(c2ccc(C)cc2C)C1=O. The maximum Gasteiger partial charge on any atom is 0.282 e. The first-order valence-corrected chi connectivity index (χ1v) is 11.4. The Hall–Kier alpha value is -3.86. The van der Waals surface area contributed by atoms with Crippen LogP contribution in [0.4, 0.5) is 11.4 Å². The van der Waals surface area contributed by atoms with Gasteiger partial charge in [-0.2, -0.15) is 0 Å². The van der Waals surface area contributed by atoms with Crippen LogP contribution in [0, 0.1) is 20.8 Å². The van der Waals surface area contributed by atoms with Crippen LogP contribution in [-0.2, 0) is 9.59 Å². The minimum Gasteiger partial charge on any atom is -0.495 e. The van der Waals surface area contributed by atoms with Crippen LogP contribution in [0.5, 0.6) is 5.75 Å². The number of aryl methyl sites for hydroxylation is 3. The molecule has 3 aromatic carbocycles. The Morgan fingerprint density at radius 1 is 0.824 bits per heavy atom. The second kappa shape index (κ2) is 9.18. The van der Waals surface area contributed by atoms with Crippen molar-refractivity contribution in [3.8, 4) is 5.75 Å². The largest absolute Gasteiger partial charge is 0.495 e. The number of hydrogen-bond acceptors (Lipinski definition) is 4. The first-order valence-electron chi connectivity index (χ1n) is 11.4. The zero-order chi connectivity index (χ0) is 24.6. The van der Waals surface area contributed by atoms with Crippen LogP contribution in [0.3, 0.4) is 0 Å². The summed E-state index contributed by atoms with van der Waals surface area (Å²) >= 11 is 0. The van der Waals surface area contributed by atoms with Crippen LogP contribution in [-0.4, -0.2) is 18.9 Å². The maximum atomic E-state index is 13.8. The smallest absolute Gasteiger partial charge is 0.282 e. The van der Waals surface area contributed by atoms with Crippen LogP contribution in [0.1, 0.15) is 47.6 Å². The second-order valence-corrected chi connectivity index (χ2v) is 9.09. The number of rotatable bonds is 6. The van der Waals surface area contributed by atoms with Crippen LogP contribution in [0.25, 0.3) is 5.57 Å². The average Bonchev–Trinajstić information content (AvgIpc) is 3.03. The quantitative estimate of drug-likeness (QED) is 0.455. The lowest BCUT2D eigenvalue weighted by Crippen LogP contribution is -2.32. The molecule has 0 bridgehead atoms. The van der Waals surface area contributed by atoms with Gasteiger partial charge in [-0.25, -0.2) is 4.90 Å². The first kappa shape index (κ1) is 23.3. The van der Waals surface area contributed by atoms with Gasteiger partial charge in [0.15, 0.2) is 0 Å². The molecule has 0 fully saturated rings. The molecule has 1 aliphatic heterocycles. The van der Waals surface area contributed by atoms with Gasteiger partial charge in [-0.1, -0.05) is 55.8 Å². The fraction of sp³-hybridized carbons (Fsp3) is 0.241. The molecular formula is C29H30N2O3. The third-order valence-corrected chi connectivity index (χ3v) is 6.16. The molecule has 0 spiro atoms. The van der Waals surface area contributed by atoms with E-state index in [1.54, 1.807) is 12.1 Å². The zero-order valence-corrected chi connectivity index (χ0v) is 20.5. The molecule has 34 heavy (non-hydrogen) atoms.